The zero-order valence-corrected chi connectivity index (χ0v) is 14.0. The standard InChI is InChI=1S/C19H25N3O/c1-15-10-16(2)13-22(12-15)14-18(11-20)19(23)21-9-8-17-6-4-3-5-7-17/h3-7,14-16H,8-10,12-13H2,1-2H3,(H,21,23)/b18-14-. The molecule has 1 fully saturated rings. The van der Waals surface area contributed by atoms with Gasteiger partial charge in [0.2, 0.25) is 0 Å². The van der Waals surface area contributed by atoms with Gasteiger partial charge in [0.1, 0.15) is 11.6 Å². The summed E-state index contributed by atoms with van der Waals surface area (Å²) in [5.41, 5.74) is 1.37. The molecule has 0 aliphatic carbocycles. The van der Waals surface area contributed by atoms with E-state index in [0.29, 0.717) is 18.4 Å². The minimum Gasteiger partial charge on any atom is -0.376 e. The Hall–Kier alpha value is -2.28. The molecule has 4 heteroatoms. The first-order chi connectivity index (χ1) is 11.1. The molecule has 23 heavy (non-hydrogen) atoms. The van der Waals surface area contributed by atoms with Gasteiger partial charge in [0.05, 0.1) is 0 Å². The van der Waals surface area contributed by atoms with Crippen LogP contribution < -0.4 is 5.32 Å². The van der Waals surface area contributed by atoms with Crippen molar-refractivity contribution < 1.29 is 4.79 Å². The summed E-state index contributed by atoms with van der Waals surface area (Å²) >= 11 is 0. The van der Waals surface area contributed by atoms with Crippen molar-refractivity contribution in [2.24, 2.45) is 11.8 Å². The van der Waals surface area contributed by atoms with Gasteiger partial charge in [-0.3, -0.25) is 4.79 Å². The number of hydrogen-bond donors (Lipinski definition) is 1. The van der Waals surface area contributed by atoms with Crippen molar-refractivity contribution >= 4 is 5.91 Å². The molecule has 2 rings (SSSR count). The molecule has 1 aliphatic rings. The van der Waals surface area contributed by atoms with Crippen molar-refractivity contribution in [2.45, 2.75) is 26.7 Å². The average molecular weight is 311 g/mol. The van der Waals surface area contributed by atoms with Crippen molar-refractivity contribution in [3.63, 3.8) is 0 Å². The summed E-state index contributed by atoms with van der Waals surface area (Å²) < 4.78 is 0. The van der Waals surface area contributed by atoms with Crippen LogP contribution in [0, 0.1) is 23.2 Å². The number of likely N-dealkylation sites (tertiary alicyclic amines) is 1. The molecular weight excluding hydrogens is 286 g/mol. The fourth-order valence-electron chi connectivity index (χ4n) is 3.20. The van der Waals surface area contributed by atoms with E-state index in [1.807, 2.05) is 36.4 Å². The van der Waals surface area contributed by atoms with E-state index in [9.17, 15) is 10.1 Å². The van der Waals surface area contributed by atoms with Crippen LogP contribution in [0.4, 0.5) is 0 Å². The molecule has 1 aromatic rings. The lowest BCUT2D eigenvalue weighted by molar-refractivity contribution is -0.117. The van der Waals surface area contributed by atoms with E-state index >= 15 is 0 Å². The summed E-state index contributed by atoms with van der Waals surface area (Å²) in [4.78, 5) is 14.3. The van der Waals surface area contributed by atoms with Crippen LogP contribution in [0.25, 0.3) is 0 Å². The summed E-state index contributed by atoms with van der Waals surface area (Å²) in [5, 5.41) is 12.1. The molecule has 1 aromatic carbocycles. The number of amides is 1. The molecule has 2 atom stereocenters. The molecule has 2 unspecified atom stereocenters. The Labute approximate surface area is 138 Å². The first-order valence-corrected chi connectivity index (χ1v) is 8.26. The third-order valence-corrected chi connectivity index (χ3v) is 4.12. The van der Waals surface area contributed by atoms with Crippen LogP contribution in [0.1, 0.15) is 25.8 Å². The Morgan fingerprint density at radius 1 is 1.30 bits per heavy atom. The fourth-order valence-corrected chi connectivity index (χ4v) is 3.20. The number of carbonyl (C=O) groups is 1. The van der Waals surface area contributed by atoms with Crippen LogP contribution in [0.2, 0.25) is 0 Å². The molecule has 0 aromatic heterocycles. The van der Waals surface area contributed by atoms with E-state index in [-0.39, 0.29) is 11.5 Å². The molecule has 1 N–H and O–H groups in total. The highest BCUT2D eigenvalue weighted by molar-refractivity contribution is 5.97. The first-order valence-electron chi connectivity index (χ1n) is 8.26. The fraction of sp³-hybridized carbons (Fsp3) is 0.474. The van der Waals surface area contributed by atoms with E-state index in [1.165, 1.54) is 12.0 Å². The zero-order valence-electron chi connectivity index (χ0n) is 14.0. The number of nitriles is 1. The second-order valence-corrected chi connectivity index (χ2v) is 6.55. The predicted octanol–water partition coefficient (Wildman–Crippen LogP) is 2.73. The minimum absolute atomic E-state index is 0.194. The average Bonchev–Trinajstić information content (AvgIpc) is 2.52. The normalized spacial score (nSPS) is 21.6. The number of hydrogen-bond acceptors (Lipinski definition) is 3. The number of rotatable bonds is 5. The molecule has 1 amide bonds. The number of benzene rings is 1. The van der Waals surface area contributed by atoms with Crippen molar-refractivity contribution in [1.82, 2.24) is 10.2 Å². The smallest absolute Gasteiger partial charge is 0.263 e. The maximum Gasteiger partial charge on any atom is 0.263 e. The summed E-state index contributed by atoms with van der Waals surface area (Å²) in [5.74, 6) is 0.904. The van der Waals surface area contributed by atoms with Crippen LogP contribution >= 0.6 is 0 Å². The Morgan fingerprint density at radius 2 is 1.96 bits per heavy atom. The van der Waals surface area contributed by atoms with Gasteiger partial charge in [-0.05, 0) is 30.2 Å². The van der Waals surface area contributed by atoms with Crippen LogP contribution in [0.15, 0.2) is 42.1 Å². The third kappa shape index (κ3) is 5.45. The monoisotopic (exact) mass is 311 g/mol. The topological polar surface area (TPSA) is 56.1 Å². The van der Waals surface area contributed by atoms with Gasteiger partial charge >= 0.3 is 0 Å². The van der Waals surface area contributed by atoms with Gasteiger partial charge in [-0.15, -0.1) is 0 Å². The van der Waals surface area contributed by atoms with Crippen molar-refractivity contribution in [2.75, 3.05) is 19.6 Å². The second kappa shape index (κ2) is 8.38. The molecule has 0 saturated carbocycles. The van der Waals surface area contributed by atoms with Crippen LogP contribution in [0.5, 0.6) is 0 Å². The maximum atomic E-state index is 12.2. The van der Waals surface area contributed by atoms with Gasteiger partial charge in [0.25, 0.3) is 5.91 Å². The lowest BCUT2D eigenvalue weighted by Crippen LogP contribution is -2.36. The molecule has 0 bridgehead atoms. The Morgan fingerprint density at radius 3 is 2.57 bits per heavy atom. The number of nitrogens with zero attached hydrogens (tertiary/aromatic N) is 2. The molecular formula is C19H25N3O. The van der Waals surface area contributed by atoms with Crippen LogP contribution in [0.3, 0.4) is 0 Å². The Kier molecular flexibility index (Phi) is 6.22. The summed E-state index contributed by atoms with van der Waals surface area (Å²) in [6, 6.07) is 12.0. The predicted molar refractivity (Wildman–Crippen MR) is 91.4 cm³/mol. The number of carbonyl (C=O) groups excluding carboxylic acids is 1. The second-order valence-electron chi connectivity index (χ2n) is 6.55. The van der Waals surface area contributed by atoms with Crippen LogP contribution in [-0.2, 0) is 11.2 Å². The van der Waals surface area contributed by atoms with Gasteiger partial charge in [-0.1, -0.05) is 44.2 Å². The van der Waals surface area contributed by atoms with E-state index in [0.717, 1.165) is 19.5 Å². The lowest BCUT2D eigenvalue weighted by atomic mass is 9.92. The highest BCUT2D eigenvalue weighted by Gasteiger charge is 2.21. The minimum atomic E-state index is -0.283. The van der Waals surface area contributed by atoms with Gasteiger partial charge in [-0.25, -0.2) is 0 Å². The molecule has 1 heterocycles. The molecule has 0 spiro atoms. The molecule has 4 nitrogen and oxygen atoms in total. The number of piperidine rings is 1. The maximum absolute atomic E-state index is 12.2. The van der Waals surface area contributed by atoms with E-state index < -0.39 is 0 Å². The molecule has 1 saturated heterocycles. The van der Waals surface area contributed by atoms with E-state index in [1.54, 1.807) is 6.20 Å². The summed E-state index contributed by atoms with van der Waals surface area (Å²) in [6.07, 6.45) is 3.70. The first kappa shape index (κ1) is 17.1. The van der Waals surface area contributed by atoms with Gasteiger partial charge in [-0.2, -0.15) is 5.26 Å². The van der Waals surface area contributed by atoms with Gasteiger partial charge in [0, 0.05) is 25.8 Å². The third-order valence-electron chi connectivity index (χ3n) is 4.12. The Bertz CT molecular complexity index is 578. The van der Waals surface area contributed by atoms with Crippen molar-refractivity contribution in [3.05, 3.63) is 47.7 Å². The molecule has 122 valence electrons. The quantitative estimate of drug-likeness (QED) is 0.672. The number of nitrogens with one attached hydrogen (secondary N) is 1. The zero-order chi connectivity index (χ0) is 16.7. The summed E-state index contributed by atoms with van der Waals surface area (Å²) in [6.45, 7) is 6.78. The lowest BCUT2D eigenvalue weighted by Gasteiger charge is -2.34. The van der Waals surface area contributed by atoms with Crippen molar-refractivity contribution in [3.8, 4) is 6.07 Å². The SMILES string of the molecule is CC1CC(C)CN(/C=C(/C#N)C(=O)NCCc2ccccc2)C1. The molecule has 0 radical (unpaired) electrons. The van der Waals surface area contributed by atoms with Gasteiger partial charge in [0.15, 0.2) is 0 Å². The molecule has 1 aliphatic heterocycles. The van der Waals surface area contributed by atoms with Crippen LogP contribution in [-0.4, -0.2) is 30.4 Å². The van der Waals surface area contributed by atoms with Gasteiger partial charge < -0.3 is 10.2 Å². The van der Waals surface area contributed by atoms with Crippen molar-refractivity contribution in [1.29, 1.82) is 5.26 Å². The van der Waals surface area contributed by atoms with E-state index in [4.69, 9.17) is 0 Å². The Balaban J connectivity index is 1.88. The largest absolute Gasteiger partial charge is 0.376 e. The highest BCUT2D eigenvalue weighted by atomic mass is 16.1. The van der Waals surface area contributed by atoms with E-state index in [2.05, 4.69) is 24.1 Å². The highest BCUT2D eigenvalue weighted by Crippen LogP contribution is 2.21. The summed E-state index contributed by atoms with van der Waals surface area (Å²) in [7, 11) is 0.